The molecule has 12 heavy (non-hydrogen) atoms. The molecule has 1 aliphatic rings. The Labute approximate surface area is 83.9 Å². The summed E-state index contributed by atoms with van der Waals surface area (Å²) < 4.78 is 0. The molecular formula is C10H12BrS. The van der Waals surface area contributed by atoms with Crippen LogP contribution in [0.5, 0.6) is 0 Å². The van der Waals surface area contributed by atoms with Crippen molar-refractivity contribution in [1.29, 1.82) is 0 Å². The van der Waals surface area contributed by atoms with E-state index < -0.39 is 0 Å². The molecule has 1 aromatic rings. The summed E-state index contributed by atoms with van der Waals surface area (Å²) in [5.74, 6) is 2.34. The number of hydrogen-bond donors (Lipinski definition) is 0. The van der Waals surface area contributed by atoms with Gasteiger partial charge in [0.15, 0.2) is 0 Å². The molecule has 2 heteroatoms. The van der Waals surface area contributed by atoms with Crippen molar-refractivity contribution >= 4 is 24.1 Å². The minimum atomic E-state index is 0.311. The second-order valence-electron chi connectivity index (χ2n) is 3.25. The summed E-state index contributed by atoms with van der Waals surface area (Å²) in [6, 6.07) is 10.7. The van der Waals surface area contributed by atoms with Gasteiger partial charge < -0.3 is 0 Å². The van der Waals surface area contributed by atoms with Gasteiger partial charge in [0, 0.05) is 10.6 Å². The van der Waals surface area contributed by atoms with Gasteiger partial charge in [-0.15, -0.1) is 9.33 Å². The first-order valence-electron chi connectivity index (χ1n) is 4.28. The zero-order valence-electron chi connectivity index (χ0n) is 6.87. The Bertz CT molecular complexity index is 243. The maximum Gasteiger partial charge on any atom is 0.00817 e. The van der Waals surface area contributed by atoms with Crippen LogP contribution in [0, 0.1) is 5.92 Å². The second kappa shape index (κ2) is 3.84. The van der Waals surface area contributed by atoms with Gasteiger partial charge in [0.25, 0.3) is 0 Å². The van der Waals surface area contributed by atoms with Crippen molar-refractivity contribution in [2.24, 2.45) is 5.92 Å². The van der Waals surface area contributed by atoms with Gasteiger partial charge in [-0.25, -0.2) is 0 Å². The number of rotatable bonds is 3. The van der Waals surface area contributed by atoms with Gasteiger partial charge in [-0.3, -0.25) is 0 Å². The standard InChI is InChI=1S/C10H12BrS/c11-12(8-9-6-7-9)10-4-2-1-3-5-10/h1-5,9H,6-8H2. The van der Waals surface area contributed by atoms with Gasteiger partial charge in [-0.1, -0.05) is 18.2 Å². The molecule has 1 fully saturated rings. The molecule has 0 nitrogen and oxygen atoms in total. The smallest absolute Gasteiger partial charge is 0.00817 e. The lowest BCUT2D eigenvalue weighted by atomic mass is 10.4. The van der Waals surface area contributed by atoms with Crippen molar-refractivity contribution in [2.75, 3.05) is 5.75 Å². The normalized spacial score (nSPS) is 16.8. The first kappa shape index (κ1) is 8.64. The Hall–Kier alpha value is 0.0500. The van der Waals surface area contributed by atoms with Crippen LogP contribution in [0.15, 0.2) is 35.2 Å². The number of benzene rings is 1. The van der Waals surface area contributed by atoms with Crippen LogP contribution in [0.1, 0.15) is 12.8 Å². The van der Waals surface area contributed by atoms with Crippen molar-refractivity contribution in [3.05, 3.63) is 30.3 Å². The molecule has 0 spiro atoms. The zero-order chi connectivity index (χ0) is 8.39. The fraction of sp³-hybridized carbons (Fsp3) is 0.400. The summed E-state index contributed by atoms with van der Waals surface area (Å²) in [5, 5.41) is 0. The molecule has 1 radical (unpaired) electrons. The number of halogens is 1. The van der Waals surface area contributed by atoms with E-state index in [0.717, 1.165) is 5.92 Å². The van der Waals surface area contributed by atoms with Crippen LogP contribution in [0.3, 0.4) is 0 Å². The van der Waals surface area contributed by atoms with E-state index in [9.17, 15) is 0 Å². The van der Waals surface area contributed by atoms with Crippen LogP contribution in [0.25, 0.3) is 0 Å². The van der Waals surface area contributed by atoms with Crippen LogP contribution < -0.4 is 0 Å². The zero-order valence-corrected chi connectivity index (χ0v) is 9.27. The molecule has 0 saturated heterocycles. The first-order valence-corrected chi connectivity index (χ1v) is 7.52. The van der Waals surface area contributed by atoms with Gasteiger partial charge in [0.2, 0.25) is 0 Å². The molecule has 0 amide bonds. The SMILES string of the molecule is Br[S](CC1CC1)c1ccccc1. The summed E-state index contributed by atoms with van der Waals surface area (Å²) in [6.07, 6.45) is 2.89. The molecule has 1 saturated carbocycles. The third kappa shape index (κ3) is 2.27. The fourth-order valence-electron chi connectivity index (χ4n) is 1.16. The predicted octanol–water partition coefficient (Wildman–Crippen LogP) is 4.03. The van der Waals surface area contributed by atoms with Gasteiger partial charge in [-0.2, -0.15) is 0 Å². The largest absolute Gasteiger partial charge is 0.110 e. The predicted molar refractivity (Wildman–Crippen MR) is 58.8 cm³/mol. The first-order chi connectivity index (χ1) is 5.86. The van der Waals surface area contributed by atoms with E-state index in [1.807, 2.05) is 0 Å². The Morgan fingerprint density at radius 2 is 1.92 bits per heavy atom. The summed E-state index contributed by atoms with van der Waals surface area (Å²) in [7, 11) is 0.311. The minimum Gasteiger partial charge on any atom is -0.110 e. The monoisotopic (exact) mass is 243 g/mol. The Morgan fingerprint density at radius 3 is 2.50 bits per heavy atom. The van der Waals surface area contributed by atoms with Crippen molar-refractivity contribution in [3.63, 3.8) is 0 Å². The molecule has 0 heterocycles. The molecule has 0 atom stereocenters. The van der Waals surface area contributed by atoms with Crippen LogP contribution in [0.4, 0.5) is 0 Å². The van der Waals surface area contributed by atoms with Gasteiger partial charge in [0.05, 0.1) is 0 Å². The Morgan fingerprint density at radius 1 is 1.25 bits per heavy atom. The van der Waals surface area contributed by atoms with Crippen LogP contribution >= 0.6 is 24.1 Å². The highest BCUT2D eigenvalue weighted by Crippen LogP contribution is 2.49. The summed E-state index contributed by atoms with van der Waals surface area (Å²) in [5.41, 5.74) is 0. The summed E-state index contributed by atoms with van der Waals surface area (Å²) in [4.78, 5) is 1.45. The highest BCUT2D eigenvalue weighted by atomic mass is 79.9. The average molecular weight is 244 g/mol. The summed E-state index contributed by atoms with van der Waals surface area (Å²) in [6.45, 7) is 0. The lowest BCUT2D eigenvalue weighted by Gasteiger charge is -2.10. The highest BCUT2D eigenvalue weighted by Gasteiger charge is 2.24. The van der Waals surface area contributed by atoms with Gasteiger partial charge in [-0.05, 0) is 45.7 Å². The highest BCUT2D eigenvalue weighted by molar-refractivity contribution is 9.54. The van der Waals surface area contributed by atoms with Crippen LogP contribution in [0.2, 0.25) is 0 Å². The van der Waals surface area contributed by atoms with Crippen molar-refractivity contribution in [3.8, 4) is 0 Å². The van der Waals surface area contributed by atoms with Crippen molar-refractivity contribution in [1.82, 2.24) is 0 Å². The molecule has 0 N–H and O–H groups in total. The van der Waals surface area contributed by atoms with E-state index in [-0.39, 0.29) is 0 Å². The molecule has 2 rings (SSSR count). The van der Waals surface area contributed by atoms with E-state index in [1.54, 1.807) is 0 Å². The van der Waals surface area contributed by atoms with Gasteiger partial charge in [0.1, 0.15) is 0 Å². The second-order valence-corrected chi connectivity index (χ2v) is 7.06. The van der Waals surface area contributed by atoms with E-state index in [2.05, 4.69) is 45.1 Å². The molecular weight excluding hydrogens is 232 g/mol. The van der Waals surface area contributed by atoms with Crippen LogP contribution in [-0.2, 0) is 0 Å². The lowest BCUT2D eigenvalue weighted by Crippen LogP contribution is -1.85. The third-order valence-corrected chi connectivity index (χ3v) is 5.54. The quantitative estimate of drug-likeness (QED) is 0.752. The van der Waals surface area contributed by atoms with Gasteiger partial charge >= 0.3 is 0 Å². The van der Waals surface area contributed by atoms with Crippen molar-refractivity contribution in [2.45, 2.75) is 17.7 Å². The molecule has 1 aromatic carbocycles. The lowest BCUT2D eigenvalue weighted by molar-refractivity contribution is 0.999. The van der Waals surface area contributed by atoms with E-state index in [0.29, 0.717) is 9.33 Å². The maximum atomic E-state index is 3.75. The van der Waals surface area contributed by atoms with Crippen LogP contribution in [-0.4, -0.2) is 5.75 Å². The molecule has 0 unspecified atom stereocenters. The molecule has 1 aliphatic carbocycles. The molecule has 65 valence electrons. The van der Waals surface area contributed by atoms with E-state index in [4.69, 9.17) is 0 Å². The molecule has 0 bridgehead atoms. The maximum absolute atomic E-state index is 3.75. The number of hydrogen-bond acceptors (Lipinski definition) is 0. The topological polar surface area (TPSA) is 0 Å². The molecule has 0 aromatic heterocycles. The van der Waals surface area contributed by atoms with E-state index in [1.165, 1.54) is 23.5 Å². The Balaban J connectivity index is 1.98. The Kier molecular flexibility index (Phi) is 2.76. The fourth-order valence-corrected chi connectivity index (χ4v) is 4.32. The molecule has 0 aliphatic heterocycles. The third-order valence-electron chi connectivity index (χ3n) is 2.08. The average Bonchev–Trinajstić information content (AvgIpc) is 2.90. The van der Waals surface area contributed by atoms with Crippen molar-refractivity contribution < 1.29 is 0 Å². The minimum absolute atomic E-state index is 0.311. The summed E-state index contributed by atoms with van der Waals surface area (Å²) >= 11 is 3.75. The van der Waals surface area contributed by atoms with E-state index >= 15 is 0 Å².